The first-order valence-corrected chi connectivity index (χ1v) is 12.6. The monoisotopic (exact) mass is 496 g/mol. The van der Waals surface area contributed by atoms with Gasteiger partial charge in [0.2, 0.25) is 0 Å². The Balaban J connectivity index is 1.46. The lowest BCUT2D eigenvalue weighted by molar-refractivity contribution is 0.887. The number of hydrogen-bond acceptors (Lipinski definition) is 7. The molecule has 0 fully saturated rings. The number of nitrogens with zero attached hydrogens (tertiary/aromatic N) is 6. The van der Waals surface area contributed by atoms with E-state index in [-0.39, 0.29) is 0 Å². The molecule has 4 aromatic carbocycles. The fraction of sp³-hybridized carbons (Fsp3) is 0. The van der Waals surface area contributed by atoms with Gasteiger partial charge in [-0.3, -0.25) is 0 Å². The van der Waals surface area contributed by atoms with Crippen molar-refractivity contribution in [2.45, 2.75) is 10.3 Å². The zero-order valence-electron chi connectivity index (χ0n) is 19.6. The molecule has 37 heavy (non-hydrogen) atoms. The van der Waals surface area contributed by atoms with Crippen LogP contribution in [0.1, 0.15) is 0 Å². The number of rotatable bonds is 6. The Bertz CT molecular complexity index is 1390. The third kappa shape index (κ3) is 5.27. The van der Waals surface area contributed by atoms with Crippen molar-refractivity contribution in [3.63, 3.8) is 0 Å². The van der Waals surface area contributed by atoms with Crippen molar-refractivity contribution >= 4 is 11.8 Å². The average Bonchev–Trinajstić information content (AvgIpc) is 2.99. The molecule has 2 aromatic heterocycles. The molecule has 6 rings (SSSR count). The summed E-state index contributed by atoms with van der Waals surface area (Å²) < 4.78 is 0. The van der Waals surface area contributed by atoms with Gasteiger partial charge in [-0.15, -0.1) is 0 Å². The Morgan fingerprint density at radius 2 is 0.541 bits per heavy atom. The van der Waals surface area contributed by atoms with E-state index in [0.29, 0.717) is 33.6 Å². The fourth-order valence-electron chi connectivity index (χ4n) is 3.75. The summed E-state index contributed by atoms with van der Waals surface area (Å²) in [6.45, 7) is 0. The second-order valence-corrected chi connectivity index (χ2v) is 9.03. The van der Waals surface area contributed by atoms with Crippen molar-refractivity contribution in [3.8, 4) is 45.6 Å². The third-order valence-corrected chi connectivity index (χ3v) is 6.27. The summed E-state index contributed by atoms with van der Waals surface area (Å²) in [6, 6.07) is 39.6. The van der Waals surface area contributed by atoms with Crippen molar-refractivity contribution in [1.29, 1.82) is 0 Å². The van der Waals surface area contributed by atoms with Gasteiger partial charge in [0.15, 0.2) is 33.6 Å². The average molecular weight is 497 g/mol. The van der Waals surface area contributed by atoms with E-state index in [1.54, 1.807) is 0 Å². The van der Waals surface area contributed by atoms with Gasteiger partial charge in [-0.1, -0.05) is 121 Å². The van der Waals surface area contributed by atoms with Crippen LogP contribution in [0.2, 0.25) is 0 Å². The lowest BCUT2D eigenvalue weighted by Crippen LogP contribution is -2.02. The maximum atomic E-state index is 4.77. The SMILES string of the molecule is c1ccc(-c2nc(Sc3nc(-c4ccccc4)nc(-c4ccccc4)n3)nc(-c3ccccc3)n2)cc1. The highest BCUT2D eigenvalue weighted by Gasteiger charge is 2.16. The van der Waals surface area contributed by atoms with Crippen molar-refractivity contribution in [1.82, 2.24) is 29.9 Å². The topological polar surface area (TPSA) is 77.3 Å². The molecular formula is C30H20N6S. The molecule has 0 spiro atoms. The van der Waals surface area contributed by atoms with Crippen molar-refractivity contribution < 1.29 is 0 Å². The first-order valence-electron chi connectivity index (χ1n) is 11.7. The standard InChI is InChI=1S/C30H20N6S/c1-5-13-21(14-6-1)25-31-26(22-15-7-2-8-16-22)34-29(33-25)37-30-35-27(23-17-9-3-10-18-23)32-28(36-30)24-19-11-4-12-20-24/h1-20H. The van der Waals surface area contributed by atoms with Crippen LogP contribution in [0.3, 0.4) is 0 Å². The van der Waals surface area contributed by atoms with Crippen LogP contribution in [0.5, 0.6) is 0 Å². The Hall–Kier alpha value is -4.75. The summed E-state index contributed by atoms with van der Waals surface area (Å²) >= 11 is 1.30. The molecule has 0 saturated heterocycles. The smallest absolute Gasteiger partial charge is 0.199 e. The minimum atomic E-state index is 0.511. The zero-order valence-corrected chi connectivity index (χ0v) is 20.5. The predicted molar refractivity (Wildman–Crippen MR) is 146 cm³/mol. The molecule has 2 heterocycles. The Labute approximate surface area is 218 Å². The highest BCUT2D eigenvalue weighted by molar-refractivity contribution is 7.99. The third-order valence-electron chi connectivity index (χ3n) is 5.54. The maximum absolute atomic E-state index is 4.77. The van der Waals surface area contributed by atoms with Crippen molar-refractivity contribution in [2.24, 2.45) is 0 Å². The van der Waals surface area contributed by atoms with E-state index in [9.17, 15) is 0 Å². The number of benzene rings is 4. The van der Waals surface area contributed by atoms with Crippen LogP contribution in [-0.4, -0.2) is 29.9 Å². The molecule has 0 saturated carbocycles. The van der Waals surface area contributed by atoms with Crippen LogP contribution in [0.4, 0.5) is 0 Å². The van der Waals surface area contributed by atoms with Gasteiger partial charge >= 0.3 is 0 Å². The van der Waals surface area contributed by atoms with E-state index in [2.05, 4.69) is 0 Å². The van der Waals surface area contributed by atoms with Gasteiger partial charge in [-0.25, -0.2) is 29.9 Å². The van der Waals surface area contributed by atoms with Crippen LogP contribution in [0.15, 0.2) is 132 Å². The summed E-state index contributed by atoms with van der Waals surface area (Å²) in [5.74, 6) is 2.38. The van der Waals surface area contributed by atoms with E-state index in [1.807, 2.05) is 121 Å². The molecule has 0 atom stereocenters. The molecule has 0 aliphatic heterocycles. The first-order chi connectivity index (χ1) is 18.3. The second kappa shape index (κ2) is 10.5. The number of hydrogen-bond donors (Lipinski definition) is 0. The molecule has 7 heteroatoms. The minimum Gasteiger partial charge on any atom is -0.208 e. The summed E-state index contributed by atoms with van der Waals surface area (Å²) in [5, 5.41) is 1.02. The summed E-state index contributed by atoms with van der Waals surface area (Å²) in [4.78, 5) is 28.6. The van der Waals surface area contributed by atoms with Gasteiger partial charge in [0.25, 0.3) is 0 Å². The molecule has 0 bridgehead atoms. The van der Waals surface area contributed by atoms with Gasteiger partial charge in [-0.05, 0) is 11.8 Å². The normalized spacial score (nSPS) is 10.8. The molecule has 0 aliphatic carbocycles. The van der Waals surface area contributed by atoms with Gasteiger partial charge in [0.1, 0.15) is 0 Å². The Morgan fingerprint density at radius 3 is 0.784 bits per heavy atom. The molecule has 0 amide bonds. The Morgan fingerprint density at radius 1 is 0.297 bits per heavy atom. The molecule has 6 nitrogen and oxygen atoms in total. The largest absolute Gasteiger partial charge is 0.208 e. The van der Waals surface area contributed by atoms with E-state index < -0.39 is 0 Å². The maximum Gasteiger partial charge on any atom is 0.199 e. The summed E-state index contributed by atoms with van der Waals surface area (Å²) in [5.41, 5.74) is 3.65. The lowest BCUT2D eigenvalue weighted by Gasteiger charge is -2.09. The fourth-order valence-corrected chi connectivity index (χ4v) is 4.44. The molecule has 0 radical (unpaired) electrons. The highest BCUT2D eigenvalue weighted by Crippen LogP contribution is 2.29. The van der Waals surface area contributed by atoms with Gasteiger partial charge in [0, 0.05) is 22.3 Å². The summed E-state index contributed by atoms with van der Waals surface area (Å²) in [7, 11) is 0. The van der Waals surface area contributed by atoms with E-state index >= 15 is 0 Å². The van der Waals surface area contributed by atoms with Gasteiger partial charge < -0.3 is 0 Å². The molecule has 6 aromatic rings. The van der Waals surface area contributed by atoms with E-state index in [0.717, 1.165) is 22.3 Å². The highest BCUT2D eigenvalue weighted by atomic mass is 32.2. The molecule has 176 valence electrons. The molecular weight excluding hydrogens is 476 g/mol. The quantitative estimate of drug-likeness (QED) is 0.249. The first kappa shape index (κ1) is 22.7. The van der Waals surface area contributed by atoms with Crippen LogP contribution in [-0.2, 0) is 0 Å². The van der Waals surface area contributed by atoms with Crippen LogP contribution >= 0.6 is 11.8 Å². The Kier molecular flexibility index (Phi) is 6.43. The number of aromatic nitrogens is 6. The molecule has 0 aliphatic rings. The molecule has 0 N–H and O–H groups in total. The second-order valence-electron chi connectivity index (χ2n) is 8.10. The van der Waals surface area contributed by atoms with Crippen molar-refractivity contribution in [3.05, 3.63) is 121 Å². The van der Waals surface area contributed by atoms with Gasteiger partial charge in [0.05, 0.1) is 0 Å². The van der Waals surface area contributed by atoms with Gasteiger partial charge in [-0.2, -0.15) is 0 Å². The van der Waals surface area contributed by atoms with E-state index in [4.69, 9.17) is 29.9 Å². The lowest BCUT2D eigenvalue weighted by atomic mass is 10.2. The van der Waals surface area contributed by atoms with Crippen LogP contribution in [0, 0.1) is 0 Å². The van der Waals surface area contributed by atoms with Crippen LogP contribution < -0.4 is 0 Å². The van der Waals surface area contributed by atoms with Crippen molar-refractivity contribution in [2.75, 3.05) is 0 Å². The van der Waals surface area contributed by atoms with E-state index in [1.165, 1.54) is 11.8 Å². The zero-order chi connectivity index (χ0) is 24.9. The predicted octanol–water partition coefficient (Wildman–Crippen LogP) is 6.88. The summed E-state index contributed by atoms with van der Waals surface area (Å²) in [6.07, 6.45) is 0. The molecule has 0 unspecified atom stereocenters. The minimum absolute atomic E-state index is 0.511. The van der Waals surface area contributed by atoms with Crippen LogP contribution in [0.25, 0.3) is 45.6 Å².